The van der Waals surface area contributed by atoms with Crippen molar-refractivity contribution in [3.05, 3.63) is 77.5 Å². The second-order valence-corrected chi connectivity index (χ2v) is 6.38. The summed E-state index contributed by atoms with van der Waals surface area (Å²) >= 11 is 0. The number of methoxy groups -OCH3 is 1. The fourth-order valence-electron chi connectivity index (χ4n) is 2.99. The maximum Gasteiger partial charge on any atom is 0.251 e. The lowest BCUT2D eigenvalue weighted by molar-refractivity contribution is 0.0950. The average Bonchev–Trinajstić information content (AvgIpc) is 3.21. The van der Waals surface area contributed by atoms with Gasteiger partial charge in [0.25, 0.3) is 5.91 Å². The molecule has 0 aliphatic carbocycles. The summed E-state index contributed by atoms with van der Waals surface area (Å²) in [5.74, 6) is 2.63. The van der Waals surface area contributed by atoms with Crippen LogP contribution in [0.1, 0.15) is 21.5 Å². The maximum absolute atomic E-state index is 12.4. The summed E-state index contributed by atoms with van der Waals surface area (Å²) in [7, 11) is 1.62. The Bertz CT molecular complexity index is 986. The third-order valence-corrected chi connectivity index (χ3v) is 4.49. The van der Waals surface area contributed by atoms with Crippen LogP contribution in [-0.4, -0.2) is 24.6 Å². The molecule has 0 unspecified atom stereocenters. The lowest BCUT2D eigenvalue weighted by atomic mass is 10.1. The van der Waals surface area contributed by atoms with Crippen molar-refractivity contribution in [2.24, 2.45) is 0 Å². The first-order valence-corrected chi connectivity index (χ1v) is 9.02. The molecule has 0 spiro atoms. The molecule has 0 saturated carbocycles. The molecule has 4 rings (SSSR count). The van der Waals surface area contributed by atoms with E-state index in [-0.39, 0.29) is 5.91 Å². The topological polar surface area (TPSA) is 69.7 Å². The zero-order valence-electron chi connectivity index (χ0n) is 15.5. The third kappa shape index (κ3) is 4.06. The summed E-state index contributed by atoms with van der Waals surface area (Å²) in [6.07, 6.45) is 2.50. The van der Waals surface area contributed by atoms with Gasteiger partial charge in [0.15, 0.2) is 0 Å². The minimum atomic E-state index is -0.121. The van der Waals surface area contributed by atoms with Gasteiger partial charge in [-0.15, -0.1) is 0 Å². The Morgan fingerprint density at radius 1 is 1.11 bits per heavy atom. The number of carbonyl (C=O) groups excluding carboxylic acids is 1. The van der Waals surface area contributed by atoms with Crippen molar-refractivity contribution in [1.29, 1.82) is 0 Å². The molecule has 1 aliphatic heterocycles. The van der Waals surface area contributed by atoms with E-state index in [4.69, 9.17) is 14.2 Å². The van der Waals surface area contributed by atoms with Crippen LogP contribution in [0, 0.1) is 0 Å². The lowest BCUT2D eigenvalue weighted by Gasteiger charge is -2.09. The number of pyridine rings is 1. The molecule has 1 amide bonds. The SMILES string of the molecule is COc1ccc(Oc2cc(CNC(=O)c3ccc4c(c3)CCO4)ccn2)cc1. The molecule has 142 valence electrons. The predicted molar refractivity (Wildman–Crippen MR) is 104 cm³/mol. The molecule has 0 bridgehead atoms. The van der Waals surface area contributed by atoms with Crippen LogP contribution in [0.4, 0.5) is 0 Å². The van der Waals surface area contributed by atoms with Crippen molar-refractivity contribution in [2.75, 3.05) is 13.7 Å². The number of carbonyl (C=O) groups is 1. The Kier molecular flexibility index (Phi) is 5.10. The van der Waals surface area contributed by atoms with Crippen LogP contribution in [0.25, 0.3) is 0 Å². The van der Waals surface area contributed by atoms with Crippen molar-refractivity contribution in [3.8, 4) is 23.1 Å². The summed E-state index contributed by atoms with van der Waals surface area (Å²) in [5.41, 5.74) is 2.61. The van der Waals surface area contributed by atoms with Gasteiger partial charge in [-0.2, -0.15) is 0 Å². The summed E-state index contributed by atoms with van der Waals surface area (Å²) in [4.78, 5) is 16.7. The number of nitrogens with zero attached hydrogens (tertiary/aromatic N) is 1. The normalized spacial score (nSPS) is 12.0. The number of rotatable bonds is 6. The van der Waals surface area contributed by atoms with Crippen LogP contribution >= 0.6 is 0 Å². The van der Waals surface area contributed by atoms with Crippen molar-refractivity contribution in [1.82, 2.24) is 10.3 Å². The maximum atomic E-state index is 12.4. The van der Waals surface area contributed by atoms with Crippen molar-refractivity contribution in [3.63, 3.8) is 0 Å². The number of aromatic nitrogens is 1. The lowest BCUT2D eigenvalue weighted by Crippen LogP contribution is -2.22. The quantitative estimate of drug-likeness (QED) is 0.710. The summed E-state index contributed by atoms with van der Waals surface area (Å²) in [5, 5.41) is 2.93. The van der Waals surface area contributed by atoms with Gasteiger partial charge in [0.2, 0.25) is 5.88 Å². The molecule has 3 aromatic rings. The molecule has 6 heteroatoms. The van der Waals surface area contributed by atoms with Gasteiger partial charge < -0.3 is 19.5 Å². The van der Waals surface area contributed by atoms with E-state index in [1.165, 1.54) is 0 Å². The van der Waals surface area contributed by atoms with E-state index in [1.54, 1.807) is 25.4 Å². The van der Waals surface area contributed by atoms with Crippen LogP contribution in [-0.2, 0) is 13.0 Å². The number of hydrogen-bond acceptors (Lipinski definition) is 5. The van der Waals surface area contributed by atoms with E-state index in [9.17, 15) is 4.79 Å². The number of fused-ring (bicyclic) bond motifs is 1. The predicted octanol–water partition coefficient (Wildman–Crippen LogP) is 3.75. The Morgan fingerprint density at radius 3 is 2.75 bits per heavy atom. The molecule has 6 nitrogen and oxygen atoms in total. The summed E-state index contributed by atoms with van der Waals surface area (Å²) < 4.78 is 16.4. The van der Waals surface area contributed by atoms with Gasteiger partial charge >= 0.3 is 0 Å². The Labute approximate surface area is 163 Å². The number of amides is 1. The summed E-state index contributed by atoms with van der Waals surface area (Å²) in [6.45, 7) is 1.06. The van der Waals surface area contributed by atoms with Gasteiger partial charge in [0.1, 0.15) is 17.2 Å². The first-order chi connectivity index (χ1) is 13.7. The minimum Gasteiger partial charge on any atom is -0.497 e. The highest BCUT2D eigenvalue weighted by atomic mass is 16.5. The zero-order chi connectivity index (χ0) is 19.3. The number of benzene rings is 2. The van der Waals surface area contributed by atoms with E-state index < -0.39 is 0 Å². The van der Waals surface area contributed by atoms with Gasteiger partial charge in [-0.25, -0.2) is 4.98 Å². The van der Waals surface area contributed by atoms with Crippen molar-refractivity contribution >= 4 is 5.91 Å². The molecule has 2 aromatic carbocycles. The highest BCUT2D eigenvalue weighted by molar-refractivity contribution is 5.94. The third-order valence-electron chi connectivity index (χ3n) is 4.49. The molecule has 1 N–H and O–H groups in total. The van der Waals surface area contributed by atoms with Crippen LogP contribution < -0.4 is 19.5 Å². The average molecular weight is 376 g/mol. The molecule has 1 aromatic heterocycles. The van der Waals surface area contributed by atoms with E-state index in [0.29, 0.717) is 30.3 Å². The highest BCUT2D eigenvalue weighted by Gasteiger charge is 2.15. The largest absolute Gasteiger partial charge is 0.497 e. The van der Waals surface area contributed by atoms with Crippen LogP contribution in [0.3, 0.4) is 0 Å². The van der Waals surface area contributed by atoms with Crippen molar-refractivity contribution in [2.45, 2.75) is 13.0 Å². The monoisotopic (exact) mass is 376 g/mol. The molecule has 1 aliphatic rings. The molecule has 0 fully saturated rings. The number of hydrogen-bond donors (Lipinski definition) is 1. The Morgan fingerprint density at radius 2 is 1.93 bits per heavy atom. The van der Waals surface area contributed by atoms with Gasteiger partial charge in [-0.05, 0) is 59.7 Å². The number of ether oxygens (including phenoxy) is 3. The van der Waals surface area contributed by atoms with E-state index in [2.05, 4.69) is 10.3 Å². The van der Waals surface area contributed by atoms with Crippen LogP contribution in [0.15, 0.2) is 60.8 Å². The molecule has 28 heavy (non-hydrogen) atoms. The van der Waals surface area contributed by atoms with Crippen molar-refractivity contribution < 1.29 is 19.0 Å². The van der Waals surface area contributed by atoms with Gasteiger partial charge in [-0.3, -0.25) is 4.79 Å². The van der Waals surface area contributed by atoms with E-state index >= 15 is 0 Å². The zero-order valence-corrected chi connectivity index (χ0v) is 15.5. The molecule has 2 heterocycles. The smallest absolute Gasteiger partial charge is 0.251 e. The van der Waals surface area contributed by atoms with Gasteiger partial charge in [-0.1, -0.05) is 0 Å². The molecule has 0 saturated heterocycles. The standard InChI is InChI=1S/C22H20N2O4/c1-26-18-3-5-19(6-4-18)28-21-12-15(8-10-23-21)14-24-22(25)17-2-7-20-16(13-17)9-11-27-20/h2-8,10,12-13H,9,11,14H2,1H3,(H,24,25). The molecule has 0 radical (unpaired) electrons. The molecular formula is C22H20N2O4. The van der Waals surface area contributed by atoms with Gasteiger partial charge in [0.05, 0.1) is 13.7 Å². The fraction of sp³-hybridized carbons (Fsp3) is 0.182. The molecular weight excluding hydrogens is 356 g/mol. The van der Waals surface area contributed by atoms with E-state index in [1.807, 2.05) is 42.5 Å². The Balaban J connectivity index is 1.38. The number of nitrogens with one attached hydrogen (secondary N) is 1. The van der Waals surface area contributed by atoms with Gasteiger partial charge in [0, 0.05) is 30.8 Å². The first kappa shape index (κ1) is 17.9. The first-order valence-electron chi connectivity index (χ1n) is 9.02. The Hall–Kier alpha value is -3.54. The summed E-state index contributed by atoms with van der Waals surface area (Å²) in [6, 6.07) is 16.4. The highest BCUT2D eigenvalue weighted by Crippen LogP contribution is 2.26. The van der Waals surface area contributed by atoms with Crippen LogP contribution in [0.2, 0.25) is 0 Å². The van der Waals surface area contributed by atoms with E-state index in [0.717, 1.165) is 29.0 Å². The molecule has 0 atom stereocenters. The fourth-order valence-corrected chi connectivity index (χ4v) is 2.99. The second-order valence-electron chi connectivity index (χ2n) is 6.38. The second kappa shape index (κ2) is 8.00. The minimum absolute atomic E-state index is 0.121. The van der Waals surface area contributed by atoms with Crippen LogP contribution in [0.5, 0.6) is 23.1 Å².